The Balaban J connectivity index is 1.71. The van der Waals surface area contributed by atoms with E-state index in [1.807, 2.05) is 0 Å². The van der Waals surface area contributed by atoms with Crippen molar-refractivity contribution in [3.8, 4) is 0 Å². The van der Waals surface area contributed by atoms with Crippen LogP contribution < -0.4 is 10.6 Å². The third-order valence-corrected chi connectivity index (χ3v) is 2.96. The zero-order chi connectivity index (χ0) is 9.15. The highest BCUT2D eigenvalue weighted by Gasteiger charge is 2.36. The third-order valence-electron chi connectivity index (χ3n) is 2.96. The zero-order valence-electron chi connectivity index (χ0n) is 7.88. The van der Waals surface area contributed by atoms with Crippen LogP contribution in [0.25, 0.3) is 0 Å². The number of rotatable bonds is 4. The number of hydrogen-bond donors (Lipinski definition) is 3. The topological polar surface area (TPSA) is 53.5 Å². The van der Waals surface area contributed by atoms with Gasteiger partial charge in [0.1, 0.15) is 0 Å². The fourth-order valence-electron chi connectivity index (χ4n) is 1.86. The van der Waals surface area contributed by atoms with Crippen molar-refractivity contribution in [3.63, 3.8) is 0 Å². The minimum absolute atomic E-state index is 0.0635. The van der Waals surface area contributed by atoms with Crippen molar-refractivity contribution in [2.45, 2.75) is 24.5 Å². The van der Waals surface area contributed by atoms with Crippen molar-refractivity contribution >= 4 is 0 Å². The van der Waals surface area contributed by atoms with Crippen LogP contribution in [0.1, 0.15) is 12.8 Å². The summed E-state index contributed by atoms with van der Waals surface area (Å²) in [6.45, 7) is 3.73. The SMILES string of the molecule is OCC1(NCC2CCCO2)CNC1. The van der Waals surface area contributed by atoms with Gasteiger partial charge in [-0.3, -0.25) is 0 Å². The molecule has 0 spiro atoms. The van der Waals surface area contributed by atoms with Gasteiger partial charge >= 0.3 is 0 Å². The summed E-state index contributed by atoms with van der Waals surface area (Å²) in [6.07, 6.45) is 2.70. The Bertz CT molecular complexity index is 159. The van der Waals surface area contributed by atoms with Crippen LogP contribution in [0.4, 0.5) is 0 Å². The van der Waals surface area contributed by atoms with Crippen LogP contribution in [0.15, 0.2) is 0 Å². The maximum Gasteiger partial charge on any atom is 0.0700 e. The fourth-order valence-corrected chi connectivity index (χ4v) is 1.86. The lowest BCUT2D eigenvalue weighted by molar-refractivity contribution is 0.0686. The standard InChI is InChI=1S/C9H18N2O2/c12-7-9(5-10-6-9)11-4-8-2-1-3-13-8/h8,10-12H,1-7H2. The van der Waals surface area contributed by atoms with Crippen LogP contribution in [-0.2, 0) is 4.74 Å². The summed E-state index contributed by atoms with van der Waals surface area (Å²) in [5, 5.41) is 15.7. The summed E-state index contributed by atoms with van der Waals surface area (Å²) in [7, 11) is 0. The van der Waals surface area contributed by atoms with Gasteiger partial charge in [0.05, 0.1) is 18.2 Å². The Labute approximate surface area is 78.7 Å². The van der Waals surface area contributed by atoms with Crippen LogP contribution in [0, 0.1) is 0 Å². The molecule has 2 aliphatic heterocycles. The zero-order valence-corrected chi connectivity index (χ0v) is 7.88. The van der Waals surface area contributed by atoms with Gasteiger partial charge in [-0.1, -0.05) is 0 Å². The minimum Gasteiger partial charge on any atom is -0.394 e. The van der Waals surface area contributed by atoms with E-state index in [4.69, 9.17) is 9.84 Å². The number of aliphatic hydroxyl groups is 1. The predicted molar refractivity (Wildman–Crippen MR) is 49.7 cm³/mol. The smallest absolute Gasteiger partial charge is 0.0700 e. The molecule has 0 aliphatic carbocycles. The van der Waals surface area contributed by atoms with Crippen molar-refractivity contribution in [1.82, 2.24) is 10.6 Å². The normalized spacial score (nSPS) is 31.6. The Hall–Kier alpha value is -0.160. The second kappa shape index (κ2) is 3.92. The van der Waals surface area contributed by atoms with E-state index < -0.39 is 0 Å². The van der Waals surface area contributed by atoms with Crippen molar-refractivity contribution in [1.29, 1.82) is 0 Å². The highest BCUT2D eigenvalue weighted by molar-refractivity contribution is 5.00. The van der Waals surface area contributed by atoms with E-state index in [1.165, 1.54) is 6.42 Å². The molecule has 2 fully saturated rings. The van der Waals surface area contributed by atoms with Gasteiger partial charge in [-0.2, -0.15) is 0 Å². The van der Waals surface area contributed by atoms with E-state index in [-0.39, 0.29) is 12.1 Å². The van der Waals surface area contributed by atoms with Crippen molar-refractivity contribution in [3.05, 3.63) is 0 Å². The van der Waals surface area contributed by atoms with E-state index in [9.17, 15) is 0 Å². The molecule has 1 atom stereocenters. The van der Waals surface area contributed by atoms with Crippen LogP contribution in [0.5, 0.6) is 0 Å². The van der Waals surface area contributed by atoms with E-state index in [1.54, 1.807) is 0 Å². The molecule has 0 saturated carbocycles. The van der Waals surface area contributed by atoms with Gasteiger partial charge in [-0.05, 0) is 12.8 Å². The van der Waals surface area contributed by atoms with Crippen molar-refractivity contribution in [2.75, 3.05) is 32.8 Å². The molecule has 4 heteroatoms. The maximum absolute atomic E-state index is 9.17. The lowest BCUT2D eigenvalue weighted by atomic mass is 9.93. The van der Waals surface area contributed by atoms with Gasteiger partial charge in [0.25, 0.3) is 0 Å². The third kappa shape index (κ3) is 2.02. The van der Waals surface area contributed by atoms with Gasteiger partial charge < -0.3 is 20.5 Å². The quantitative estimate of drug-likeness (QED) is 0.532. The molecular formula is C9H18N2O2. The number of hydrogen-bond acceptors (Lipinski definition) is 4. The van der Waals surface area contributed by atoms with E-state index in [2.05, 4.69) is 10.6 Å². The number of nitrogens with one attached hydrogen (secondary N) is 2. The average molecular weight is 186 g/mol. The molecule has 0 aromatic carbocycles. The average Bonchev–Trinajstić information content (AvgIpc) is 2.56. The molecule has 0 radical (unpaired) electrons. The molecule has 4 nitrogen and oxygen atoms in total. The highest BCUT2D eigenvalue weighted by atomic mass is 16.5. The first-order valence-corrected chi connectivity index (χ1v) is 5.03. The molecule has 1 unspecified atom stereocenters. The van der Waals surface area contributed by atoms with E-state index >= 15 is 0 Å². The first-order chi connectivity index (χ1) is 6.35. The Morgan fingerprint density at radius 1 is 1.54 bits per heavy atom. The van der Waals surface area contributed by atoms with Gasteiger partial charge in [0.2, 0.25) is 0 Å². The van der Waals surface area contributed by atoms with Crippen LogP contribution in [0.2, 0.25) is 0 Å². The van der Waals surface area contributed by atoms with Gasteiger partial charge in [-0.15, -0.1) is 0 Å². The second-order valence-corrected chi connectivity index (χ2v) is 4.06. The summed E-state index contributed by atoms with van der Waals surface area (Å²) < 4.78 is 5.50. The molecule has 0 aromatic heterocycles. The first kappa shape index (κ1) is 9.40. The lowest BCUT2D eigenvalue weighted by Gasteiger charge is -2.42. The second-order valence-electron chi connectivity index (χ2n) is 4.06. The predicted octanol–water partition coefficient (Wildman–Crippen LogP) is -0.911. The fraction of sp³-hybridized carbons (Fsp3) is 1.00. The van der Waals surface area contributed by atoms with Gasteiger partial charge in [-0.25, -0.2) is 0 Å². The summed E-state index contributed by atoms with van der Waals surface area (Å²) in [6, 6.07) is 0. The summed E-state index contributed by atoms with van der Waals surface area (Å²) >= 11 is 0. The lowest BCUT2D eigenvalue weighted by Crippen LogP contribution is -2.70. The molecule has 0 bridgehead atoms. The number of ether oxygens (including phenoxy) is 1. The monoisotopic (exact) mass is 186 g/mol. The van der Waals surface area contributed by atoms with E-state index in [0.29, 0.717) is 6.10 Å². The Morgan fingerprint density at radius 3 is 2.85 bits per heavy atom. The van der Waals surface area contributed by atoms with Gasteiger partial charge in [0, 0.05) is 26.2 Å². The molecule has 0 aromatic rings. The van der Waals surface area contributed by atoms with Crippen molar-refractivity contribution in [2.24, 2.45) is 0 Å². The summed E-state index contributed by atoms with van der Waals surface area (Å²) in [4.78, 5) is 0. The largest absolute Gasteiger partial charge is 0.394 e. The number of aliphatic hydroxyl groups excluding tert-OH is 1. The van der Waals surface area contributed by atoms with Crippen LogP contribution in [0.3, 0.4) is 0 Å². The molecule has 0 amide bonds. The highest BCUT2D eigenvalue weighted by Crippen LogP contribution is 2.14. The van der Waals surface area contributed by atoms with Crippen LogP contribution >= 0.6 is 0 Å². The Kier molecular flexibility index (Phi) is 2.83. The Morgan fingerprint density at radius 2 is 2.38 bits per heavy atom. The maximum atomic E-state index is 9.17. The molecule has 2 heterocycles. The summed E-state index contributed by atoms with van der Waals surface area (Å²) in [5.41, 5.74) is -0.0635. The van der Waals surface area contributed by atoms with E-state index in [0.717, 1.165) is 32.7 Å². The van der Waals surface area contributed by atoms with Crippen molar-refractivity contribution < 1.29 is 9.84 Å². The molecule has 3 N–H and O–H groups in total. The molecule has 2 saturated heterocycles. The van der Waals surface area contributed by atoms with Crippen LogP contribution in [-0.4, -0.2) is 49.6 Å². The molecule has 2 aliphatic rings. The minimum atomic E-state index is -0.0635. The molecule has 2 rings (SSSR count). The van der Waals surface area contributed by atoms with Gasteiger partial charge in [0.15, 0.2) is 0 Å². The molecular weight excluding hydrogens is 168 g/mol. The summed E-state index contributed by atoms with van der Waals surface area (Å²) in [5.74, 6) is 0. The first-order valence-electron chi connectivity index (χ1n) is 5.03. The molecule has 76 valence electrons. The molecule has 13 heavy (non-hydrogen) atoms.